The van der Waals surface area contributed by atoms with Crippen LogP contribution in [0.4, 0.5) is 0 Å². The Morgan fingerprint density at radius 2 is 1.93 bits per heavy atom. The van der Waals surface area contributed by atoms with E-state index in [4.69, 9.17) is 9.47 Å². The van der Waals surface area contributed by atoms with Crippen molar-refractivity contribution >= 4 is 5.91 Å². The fourth-order valence-corrected chi connectivity index (χ4v) is 4.12. The van der Waals surface area contributed by atoms with Gasteiger partial charge in [-0.25, -0.2) is 0 Å². The zero-order valence-corrected chi connectivity index (χ0v) is 17.1. The number of rotatable bonds is 9. The number of carbonyl (C=O) groups is 1. The number of piperidine rings is 2. The van der Waals surface area contributed by atoms with Gasteiger partial charge >= 0.3 is 0 Å². The summed E-state index contributed by atoms with van der Waals surface area (Å²) in [6.07, 6.45) is 4.81. The number of hydrogen-bond acceptors (Lipinski definition) is 5. The van der Waals surface area contributed by atoms with Gasteiger partial charge in [0.15, 0.2) is 0 Å². The number of nitrogens with zero attached hydrogens (tertiary/aromatic N) is 1. The lowest BCUT2D eigenvalue weighted by atomic mass is 9.91. The molecule has 28 heavy (non-hydrogen) atoms. The first kappa shape index (κ1) is 21.2. The van der Waals surface area contributed by atoms with E-state index < -0.39 is 5.60 Å². The normalized spacial score (nSPS) is 20.8. The fourth-order valence-electron chi connectivity index (χ4n) is 4.12. The van der Waals surface area contributed by atoms with E-state index in [0.29, 0.717) is 19.3 Å². The van der Waals surface area contributed by atoms with Gasteiger partial charge in [-0.1, -0.05) is 30.3 Å². The first-order valence-electron chi connectivity index (χ1n) is 10.6. The predicted molar refractivity (Wildman–Crippen MR) is 110 cm³/mol. The smallest absolute Gasteiger partial charge is 0.252 e. The van der Waals surface area contributed by atoms with Crippen LogP contribution in [0.1, 0.15) is 37.7 Å². The number of hydrogen-bond donors (Lipinski definition) is 2. The molecule has 0 saturated carbocycles. The van der Waals surface area contributed by atoms with Crippen LogP contribution in [0.25, 0.3) is 0 Å². The molecular formula is C22H35N3O3. The summed E-state index contributed by atoms with van der Waals surface area (Å²) in [7, 11) is 1.64. The molecule has 2 heterocycles. The van der Waals surface area contributed by atoms with Gasteiger partial charge in [-0.3, -0.25) is 9.69 Å². The van der Waals surface area contributed by atoms with Crippen molar-refractivity contribution in [1.29, 1.82) is 0 Å². The van der Waals surface area contributed by atoms with Crippen LogP contribution in [0, 0.1) is 0 Å². The van der Waals surface area contributed by atoms with Crippen LogP contribution in [0.3, 0.4) is 0 Å². The van der Waals surface area contributed by atoms with Crippen molar-refractivity contribution in [2.45, 2.75) is 50.4 Å². The average molecular weight is 390 g/mol. The van der Waals surface area contributed by atoms with E-state index in [1.807, 2.05) is 0 Å². The summed E-state index contributed by atoms with van der Waals surface area (Å²) in [5, 5.41) is 6.31. The van der Waals surface area contributed by atoms with Crippen LogP contribution < -0.4 is 10.6 Å². The van der Waals surface area contributed by atoms with Gasteiger partial charge in [-0.05, 0) is 50.8 Å². The first-order chi connectivity index (χ1) is 13.7. The largest absolute Gasteiger partial charge is 0.378 e. The number of methoxy groups -OCH3 is 1. The van der Waals surface area contributed by atoms with Crippen LogP contribution in [0.5, 0.6) is 0 Å². The van der Waals surface area contributed by atoms with Gasteiger partial charge < -0.3 is 20.1 Å². The molecule has 0 aliphatic carbocycles. The molecule has 2 aliphatic rings. The van der Waals surface area contributed by atoms with Crippen LogP contribution >= 0.6 is 0 Å². The van der Waals surface area contributed by atoms with Crippen molar-refractivity contribution < 1.29 is 14.3 Å². The Morgan fingerprint density at radius 1 is 1.21 bits per heavy atom. The Hall–Kier alpha value is -1.47. The average Bonchev–Trinajstić information content (AvgIpc) is 2.75. The van der Waals surface area contributed by atoms with E-state index in [0.717, 1.165) is 64.8 Å². The molecule has 0 bridgehead atoms. The topological polar surface area (TPSA) is 62.8 Å². The van der Waals surface area contributed by atoms with Crippen LogP contribution in [0.2, 0.25) is 0 Å². The molecule has 1 aromatic carbocycles. The van der Waals surface area contributed by atoms with Gasteiger partial charge in [-0.2, -0.15) is 0 Å². The Labute approximate surface area is 169 Å². The molecular weight excluding hydrogens is 354 g/mol. The van der Waals surface area contributed by atoms with Crippen LogP contribution in [-0.2, 0) is 20.8 Å². The minimum Gasteiger partial charge on any atom is -0.378 e. The summed E-state index contributed by atoms with van der Waals surface area (Å²) in [5.74, 6) is 0.0192. The van der Waals surface area contributed by atoms with Crippen molar-refractivity contribution in [2.75, 3.05) is 46.4 Å². The standard InChI is InChI=1S/C22H35N3O3/c1-27-22(10-13-23-14-11-22)21(26)24-12-5-17-28-20-8-15-25(16-9-20)18-19-6-3-2-4-7-19/h2-4,6-7,20,23H,5,8-18H2,1H3,(H,24,26). The van der Waals surface area contributed by atoms with Crippen molar-refractivity contribution in [2.24, 2.45) is 0 Å². The molecule has 0 aromatic heterocycles. The highest BCUT2D eigenvalue weighted by Gasteiger charge is 2.39. The molecule has 0 radical (unpaired) electrons. The Bertz CT molecular complexity index is 582. The van der Waals surface area contributed by atoms with Gasteiger partial charge in [0.05, 0.1) is 6.10 Å². The molecule has 2 fully saturated rings. The van der Waals surface area contributed by atoms with Gasteiger partial charge in [0.2, 0.25) is 0 Å². The van der Waals surface area contributed by atoms with E-state index in [-0.39, 0.29) is 5.91 Å². The second-order valence-corrected chi connectivity index (χ2v) is 7.89. The molecule has 0 spiro atoms. The minimum absolute atomic E-state index is 0.0192. The number of nitrogens with one attached hydrogen (secondary N) is 2. The SMILES string of the molecule is COC1(C(=O)NCCCOC2CCN(Cc3ccccc3)CC2)CCNCC1. The highest BCUT2D eigenvalue weighted by molar-refractivity contribution is 5.85. The Kier molecular flexibility index (Phi) is 8.27. The molecule has 2 N–H and O–H groups in total. The number of carbonyl (C=O) groups excluding carboxylic acids is 1. The third-order valence-corrected chi connectivity index (χ3v) is 5.96. The lowest BCUT2D eigenvalue weighted by molar-refractivity contribution is -0.146. The molecule has 3 rings (SSSR count). The van der Waals surface area contributed by atoms with Gasteiger partial charge in [0, 0.05) is 39.9 Å². The third-order valence-electron chi connectivity index (χ3n) is 5.96. The van der Waals surface area contributed by atoms with Gasteiger partial charge in [0.1, 0.15) is 5.60 Å². The quantitative estimate of drug-likeness (QED) is 0.632. The summed E-state index contributed by atoms with van der Waals surface area (Å²) in [5.41, 5.74) is 0.720. The number of amides is 1. The minimum atomic E-state index is -0.655. The zero-order valence-electron chi connectivity index (χ0n) is 17.1. The fraction of sp³-hybridized carbons (Fsp3) is 0.682. The van der Waals surface area contributed by atoms with E-state index >= 15 is 0 Å². The molecule has 6 nitrogen and oxygen atoms in total. The summed E-state index contributed by atoms with van der Waals surface area (Å²) >= 11 is 0. The Morgan fingerprint density at radius 3 is 2.61 bits per heavy atom. The maximum atomic E-state index is 12.5. The summed E-state index contributed by atoms with van der Waals surface area (Å²) in [6, 6.07) is 10.6. The molecule has 2 aliphatic heterocycles. The molecule has 6 heteroatoms. The van der Waals surface area contributed by atoms with Crippen molar-refractivity contribution in [1.82, 2.24) is 15.5 Å². The molecule has 2 saturated heterocycles. The number of benzene rings is 1. The highest BCUT2D eigenvalue weighted by Crippen LogP contribution is 2.22. The van der Waals surface area contributed by atoms with Crippen molar-refractivity contribution in [3.63, 3.8) is 0 Å². The number of ether oxygens (including phenoxy) is 2. The zero-order chi connectivity index (χ0) is 19.7. The van der Waals surface area contributed by atoms with Gasteiger partial charge in [-0.15, -0.1) is 0 Å². The predicted octanol–water partition coefficient (Wildman–Crippen LogP) is 1.94. The molecule has 0 unspecified atom stereocenters. The number of likely N-dealkylation sites (tertiary alicyclic amines) is 1. The summed E-state index contributed by atoms with van der Waals surface area (Å²) in [6.45, 7) is 6.19. The second-order valence-electron chi connectivity index (χ2n) is 7.89. The molecule has 156 valence electrons. The van der Waals surface area contributed by atoms with E-state index in [2.05, 4.69) is 45.9 Å². The highest BCUT2D eigenvalue weighted by atomic mass is 16.5. The Balaban J connectivity index is 1.26. The van der Waals surface area contributed by atoms with E-state index in [1.54, 1.807) is 7.11 Å². The summed E-state index contributed by atoms with van der Waals surface area (Å²) in [4.78, 5) is 15.0. The van der Waals surface area contributed by atoms with Crippen LogP contribution in [0.15, 0.2) is 30.3 Å². The molecule has 0 atom stereocenters. The summed E-state index contributed by atoms with van der Waals surface area (Å²) < 4.78 is 11.6. The van der Waals surface area contributed by atoms with Gasteiger partial charge in [0.25, 0.3) is 5.91 Å². The maximum Gasteiger partial charge on any atom is 0.252 e. The molecule has 1 aromatic rings. The first-order valence-corrected chi connectivity index (χ1v) is 10.6. The maximum absolute atomic E-state index is 12.5. The second kappa shape index (κ2) is 10.9. The lowest BCUT2D eigenvalue weighted by Crippen LogP contribution is -2.54. The van der Waals surface area contributed by atoms with Crippen molar-refractivity contribution in [3.8, 4) is 0 Å². The monoisotopic (exact) mass is 389 g/mol. The van der Waals surface area contributed by atoms with Crippen molar-refractivity contribution in [3.05, 3.63) is 35.9 Å². The molecule has 1 amide bonds. The van der Waals surface area contributed by atoms with E-state index in [1.165, 1.54) is 5.56 Å². The van der Waals surface area contributed by atoms with E-state index in [9.17, 15) is 4.79 Å². The van der Waals surface area contributed by atoms with Crippen LogP contribution in [-0.4, -0.2) is 69.0 Å². The lowest BCUT2D eigenvalue weighted by Gasteiger charge is -2.34. The third kappa shape index (κ3) is 6.01.